The quantitative estimate of drug-likeness (QED) is 0.294. The van der Waals surface area contributed by atoms with Gasteiger partial charge in [0.2, 0.25) is 5.91 Å². The van der Waals surface area contributed by atoms with Crippen LogP contribution in [0.3, 0.4) is 0 Å². The minimum Gasteiger partial charge on any atom is -0.343 e. The standard InChI is InChI=1S/C22H43NO2/c1-5-9-11-13-17-21(24)20(7-3)16-15-19-23(8-4)22(25)18-14-12-10-6-2/h20H,5-19H2,1-4H3. The van der Waals surface area contributed by atoms with Gasteiger partial charge in [-0.2, -0.15) is 0 Å². The third-order valence-electron chi connectivity index (χ3n) is 5.18. The summed E-state index contributed by atoms with van der Waals surface area (Å²) < 4.78 is 0. The molecule has 0 aliphatic rings. The monoisotopic (exact) mass is 353 g/mol. The molecule has 0 rings (SSSR count). The summed E-state index contributed by atoms with van der Waals surface area (Å²) >= 11 is 0. The summed E-state index contributed by atoms with van der Waals surface area (Å²) in [7, 11) is 0. The lowest BCUT2D eigenvalue weighted by molar-refractivity contribution is -0.131. The molecule has 0 aromatic carbocycles. The molecule has 1 atom stereocenters. The summed E-state index contributed by atoms with van der Waals surface area (Å²) in [6, 6.07) is 0. The molecule has 3 nitrogen and oxygen atoms in total. The molecule has 148 valence electrons. The number of rotatable bonds is 17. The molecule has 0 saturated carbocycles. The first-order valence-electron chi connectivity index (χ1n) is 10.9. The number of amides is 1. The van der Waals surface area contributed by atoms with Gasteiger partial charge in [-0.3, -0.25) is 9.59 Å². The van der Waals surface area contributed by atoms with Crippen LogP contribution in [-0.2, 0) is 9.59 Å². The van der Waals surface area contributed by atoms with Gasteiger partial charge < -0.3 is 4.90 Å². The van der Waals surface area contributed by atoms with Gasteiger partial charge in [-0.25, -0.2) is 0 Å². The molecule has 0 aliphatic carbocycles. The Morgan fingerprint density at radius 1 is 0.760 bits per heavy atom. The van der Waals surface area contributed by atoms with E-state index >= 15 is 0 Å². The first kappa shape index (κ1) is 24.1. The summed E-state index contributed by atoms with van der Waals surface area (Å²) in [5, 5.41) is 0. The molecule has 0 aromatic rings. The van der Waals surface area contributed by atoms with E-state index in [9.17, 15) is 9.59 Å². The van der Waals surface area contributed by atoms with E-state index in [2.05, 4.69) is 27.7 Å². The highest BCUT2D eigenvalue weighted by atomic mass is 16.2. The van der Waals surface area contributed by atoms with Crippen molar-refractivity contribution in [2.24, 2.45) is 5.92 Å². The van der Waals surface area contributed by atoms with Crippen molar-refractivity contribution in [3.05, 3.63) is 0 Å². The maximum Gasteiger partial charge on any atom is 0.222 e. The summed E-state index contributed by atoms with van der Waals surface area (Å²) in [5.74, 6) is 0.921. The minimum absolute atomic E-state index is 0.194. The Labute approximate surface area is 156 Å². The van der Waals surface area contributed by atoms with Crippen LogP contribution in [0.25, 0.3) is 0 Å². The molecule has 1 amide bonds. The molecule has 0 heterocycles. The topological polar surface area (TPSA) is 37.4 Å². The first-order chi connectivity index (χ1) is 12.1. The van der Waals surface area contributed by atoms with E-state index in [0.717, 1.165) is 58.0 Å². The predicted octanol–water partition coefficient (Wildman–Crippen LogP) is 6.15. The average molecular weight is 354 g/mol. The molecule has 0 bridgehead atoms. The van der Waals surface area contributed by atoms with Crippen LogP contribution in [0.1, 0.15) is 111 Å². The van der Waals surface area contributed by atoms with E-state index in [0.29, 0.717) is 12.2 Å². The highest BCUT2D eigenvalue weighted by Crippen LogP contribution is 2.17. The molecular weight excluding hydrogens is 310 g/mol. The number of carbonyl (C=O) groups excluding carboxylic acids is 2. The zero-order chi connectivity index (χ0) is 18.9. The fourth-order valence-electron chi connectivity index (χ4n) is 3.37. The number of nitrogens with zero attached hydrogens (tertiary/aromatic N) is 1. The number of hydrogen-bond donors (Lipinski definition) is 0. The Kier molecular flexibility index (Phi) is 16.0. The first-order valence-corrected chi connectivity index (χ1v) is 10.9. The van der Waals surface area contributed by atoms with Crippen molar-refractivity contribution in [1.82, 2.24) is 4.90 Å². The van der Waals surface area contributed by atoms with Gasteiger partial charge in [0.25, 0.3) is 0 Å². The lowest BCUT2D eigenvalue weighted by Gasteiger charge is -2.22. The fourth-order valence-corrected chi connectivity index (χ4v) is 3.37. The van der Waals surface area contributed by atoms with E-state index in [-0.39, 0.29) is 11.8 Å². The maximum atomic E-state index is 12.3. The summed E-state index contributed by atoms with van der Waals surface area (Å²) in [6.07, 6.45) is 13.5. The Morgan fingerprint density at radius 2 is 1.36 bits per heavy atom. The van der Waals surface area contributed by atoms with Crippen LogP contribution in [0.15, 0.2) is 0 Å². The van der Waals surface area contributed by atoms with E-state index < -0.39 is 0 Å². The van der Waals surface area contributed by atoms with E-state index in [1.807, 2.05) is 4.90 Å². The molecule has 0 N–H and O–H groups in total. The molecule has 0 aromatic heterocycles. The Bertz CT molecular complexity index is 309. The number of Topliss-reactive ketones (excluding diaryl/α,β-unsaturated/α-hetero) is 1. The van der Waals surface area contributed by atoms with Crippen LogP contribution in [0, 0.1) is 5.92 Å². The van der Waals surface area contributed by atoms with Crippen molar-refractivity contribution < 1.29 is 9.59 Å². The Balaban J connectivity index is 4.07. The molecule has 0 spiro atoms. The maximum absolute atomic E-state index is 12.3. The molecule has 0 radical (unpaired) electrons. The normalized spacial score (nSPS) is 12.2. The van der Waals surface area contributed by atoms with Crippen molar-refractivity contribution >= 4 is 11.7 Å². The highest BCUT2D eigenvalue weighted by Gasteiger charge is 2.17. The summed E-state index contributed by atoms with van der Waals surface area (Å²) in [6.45, 7) is 10.2. The molecule has 0 fully saturated rings. The van der Waals surface area contributed by atoms with Crippen LogP contribution in [0.4, 0.5) is 0 Å². The lowest BCUT2D eigenvalue weighted by atomic mass is 9.92. The van der Waals surface area contributed by atoms with Gasteiger partial charge in [0, 0.05) is 31.8 Å². The number of ketones is 1. The molecule has 0 saturated heterocycles. The van der Waals surface area contributed by atoms with Gasteiger partial charge in [0.1, 0.15) is 5.78 Å². The van der Waals surface area contributed by atoms with Gasteiger partial charge in [0.05, 0.1) is 0 Å². The lowest BCUT2D eigenvalue weighted by Crippen LogP contribution is -2.32. The van der Waals surface area contributed by atoms with E-state index in [4.69, 9.17) is 0 Å². The molecular formula is C22H43NO2. The van der Waals surface area contributed by atoms with Crippen molar-refractivity contribution in [3.63, 3.8) is 0 Å². The van der Waals surface area contributed by atoms with Crippen molar-refractivity contribution in [2.75, 3.05) is 13.1 Å². The van der Waals surface area contributed by atoms with E-state index in [1.54, 1.807) is 0 Å². The zero-order valence-electron chi connectivity index (χ0n) is 17.4. The summed E-state index contributed by atoms with van der Waals surface area (Å²) in [5.41, 5.74) is 0. The smallest absolute Gasteiger partial charge is 0.222 e. The Hall–Kier alpha value is -0.860. The number of hydrogen-bond acceptors (Lipinski definition) is 2. The largest absolute Gasteiger partial charge is 0.343 e. The third-order valence-corrected chi connectivity index (χ3v) is 5.18. The van der Waals surface area contributed by atoms with Gasteiger partial charge in [-0.1, -0.05) is 59.3 Å². The molecule has 3 heteroatoms. The summed E-state index contributed by atoms with van der Waals surface area (Å²) in [4.78, 5) is 26.6. The second-order valence-electron chi connectivity index (χ2n) is 7.31. The second-order valence-corrected chi connectivity index (χ2v) is 7.31. The SMILES string of the molecule is CCCCCCC(=O)C(CC)CCCN(CC)C(=O)CCCCCC. The van der Waals surface area contributed by atoms with Gasteiger partial charge in [-0.05, 0) is 39.0 Å². The average Bonchev–Trinajstić information content (AvgIpc) is 2.62. The van der Waals surface area contributed by atoms with Crippen LogP contribution in [0.5, 0.6) is 0 Å². The number of unbranched alkanes of at least 4 members (excludes halogenated alkanes) is 6. The van der Waals surface area contributed by atoms with Crippen molar-refractivity contribution in [2.45, 2.75) is 111 Å². The van der Waals surface area contributed by atoms with Crippen LogP contribution in [0.2, 0.25) is 0 Å². The van der Waals surface area contributed by atoms with Crippen LogP contribution in [-0.4, -0.2) is 29.7 Å². The van der Waals surface area contributed by atoms with Gasteiger partial charge in [-0.15, -0.1) is 0 Å². The fraction of sp³-hybridized carbons (Fsp3) is 0.909. The zero-order valence-corrected chi connectivity index (χ0v) is 17.4. The molecule has 25 heavy (non-hydrogen) atoms. The molecule has 1 unspecified atom stereocenters. The Morgan fingerprint density at radius 3 is 1.88 bits per heavy atom. The third kappa shape index (κ3) is 12.2. The van der Waals surface area contributed by atoms with Crippen molar-refractivity contribution in [3.8, 4) is 0 Å². The highest BCUT2D eigenvalue weighted by molar-refractivity contribution is 5.80. The van der Waals surface area contributed by atoms with Crippen LogP contribution < -0.4 is 0 Å². The predicted molar refractivity (Wildman–Crippen MR) is 108 cm³/mol. The van der Waals surface area contributed by atoms with Crippen LogP contribution >= 0.6 is 0 Å². The molecule has 0 aliphatic heterocycles. The van der Waals surface area contributed by atoms with Gasteiger partial charge >= 0.3 is 0 Å². The second kappa shape index (κ2) is 16.6. The van der Waals surface area contributed by atoms with Crippen molar-refractivity contribution in [1.29, 1.82) is 0 Å². The minimum atomic E-state index is 0.194. The number of carbonyl (C=O) groups is 2. The van der Waals surface area contributed by atoms with Gasteiger partial charge in [0.15, 0.2) is 0 Å². The van der Waals surface area contributed by atoms with E-state index in [1.165, 1.54) is 32.1 Å².